The molecule has 16 heavy (non-hydrogen) atoms. The van der Waals surface area contributed by atoms with Crippen molar-refractivity contribution in [2.75, 3.05) is 0 Å². The number of nitrogens with one attached hydrogen (secondary N) is 2. The molecule has 0 heterocycles. The zero-order chi connectivity index (χ0) is 12.1. The van der Waals surface area contributed by atoms with Crippen LogP contribution in [0, 0.1) is 11.2 Å². The molecule has 0 aliphatic rings. The van der Waals surface area contributed by atoms with Gasteiger partial charge in [0.1, 0.15) is 5.82 Å². The van der Waals surface area contributed by atoms with Crippen LogP contribution < -0.4 is 11.1 Å². The summed E-state index contributed by atoms with van der Waals surface area (Å²) in [5.41, 5.74) is 5.90. The van der Waals surface area contributed by atoms with Crippen molar-refractivity contribution >= 4 is 11.7 Å². The minimum absolute atomic E-state index is 0.120. The van der Waals surface area contributed by atoms with Crippen molar-refractivity contribution < 1.29 is 9.18 Å². The molecule has 86 valence electrons. The van der Waals surface area contributed by atoms with Gasteiger partial charge in [0, 0.05) is 0 Å². The molecule has 0 aliphatic carbocycles. The van der Waals surface area contributed by atoms with Crippen molar-refractivity contribution in [1.29, 1.82) is 5.41 Å². The molecular formula is C11H14FN3O. The van der Waals surface area contributed by atoms with Gasteiger partial charge in [-0.1, -0.05) is 12.1 Å². The summed E-state index contributed by atoms with van der Waals surface area (Å²) >= 11 is 0. The molecule has 0 saturated heterocycles. The Morgan fingerprint density at radius 1 is 1.50 bits per heavy atom. The Hall–Kier alpha value is -1.91. The first kappa shape index (κ1) is 12.2. The van der Waals surface area contributed by atoms with Crippen LogP contribution >= 0.6 is 0 Å². The van der Waals surface area contributed by atoms with Gasteiger partial charge in [-0.3, -0.25) is 10.2 Å². The van der Waals surface area contributed by atoms with Gasteiger partial charge in [-0.25, -0.2) is 4.39 Å². The van der Waals surface area contributed by atoms with Gasteiger partial charge in [0.25, 0.3) is 0 Å². The Labute approximate surface area is 93.2 Å². The van der Waals surface area contributed by atoms with E-state index in [-0.39, 0.29) is 30.0 Å². The van der Waals surface area contributed by atoms with Crippen LogP contribution in [-0.2, 0) is 4.79 Å². The summed E-state index contributed by atoms with van der Waals surface area (Å²) < 4.78 is 12.7. The van der Waals surface area contributed by atoms with E-state index in [1.807, 2.05) is 0 Å². The Morgan fingerprint density at radius 2 is 2.06 bits per heavy atom. The summed E-state index contributed by atoms with van der Waals surface area (Å²) in [5, 5.41) is 9.63. The van der Waals surface area contributed by atoms with E-state index in [2.05, 4.69) is 5.32 Å². The fourth-order valence-corrected chi connectivity index (χ4v) is 1.30. The number of rotatable bonds is 4. The number of hydrogen-bond acceptors (Lipinski definition) is 2. The highest BCUT2D eigenvalue weighted by Gasteiger charge is 2.10. The highest BCUT2D eigenvalue weighted by molar-refractivity contribution is 5.97. The Morgan fingerprint density at radius 3 is 2.56 bits per heavy atom. The van der Waals surface area contributed by atoms with E-state index in [9.17, 15) is 9.18 Å². The minimum atomic E-state index is -0.315. The van der Waals surface area contributed by atoms with Crippen molar-refractivity contribution in [2.45, 2.75) is 19.4 Å². The van der Waals surface area contributed by atoms with Gasteiger partial charge >= 0.3 is 0 Å². The lowest BCUT2D eigenvalue weighted by Crippen LogP contribution is -2.30. The molecular weight excluding hydrogens is 209 g/mol. The monoisotopic (exact) mass is 223 g/mol. The van der Waals surface area contributed by atoms with E-state index in [1.165, 1.54) is 12.1 Å². The summed E-state index contributed by atoms with van der Waals surface area (Å²) in [7, 11) is 0. The molecule has 0 aromatic heterocycles. The normalized spacial score (nSPS) is 11.9. The van der Waals surface area contributed by atoms with Crippen LogP contribution in [0.4, 0.5) is 4.39 Å². The molecule has 0 fully saturated rings. The van der Waals surface area contributed by atoms with E-state index in [0.29, 0.717) is 0 Å². The smallest absolute Gasteiger partial charge is 0.228 e. The third-order valence-corrected chi connectivity index (χ3v) is 2.10. The first-order valence-electron chi connectivity index (χ1n) is 4.86. The summed E-state index contributed by atoms with van der Waals surface area (Å²) in [4.78, 5) is 11.3. The number of halogens is 1. The van der Waals surface area contributed by atoms with Crippen molar-refractivity contribution in [1.82, 2.24) is 5.32 Å². The second kappa shape index (κ2) is 5.25. The molecule has 1 atom stereocenters. The van der Waals surface area contributed by atoms with Gasteiger partial charge in [0.05, 0.1) is 18.3 Å². The molecule has 4 N–H and O–H groups in total. The molecule has 0 bridgehead atoms. The summed E-state index contributed by atoms with van der Waals surface area (Å²) in [6, 6.07) is 5.65. The Kier molecular flexibility index (Phi) is 3.99. The van der Waals surface area contributed by atoms with Crippen LogP contribution in [0.2, 0.25) is 0 Å². The summed E-state index contributed by atoms with van der Waals surface area (Å²) in [6.45, 7) is 1.78. The predicted molar refractivity (Wildman–Crippen MR) is 59.5 cm³/mol. The third-order valence-electron chi connectivity index (χ3n) is 2.10. The lowest BCUT2D eigenvalue weighted by Gasteiger charge is -2.13. The molecule has 4 nitrogen and oxygen atoms in total. The number of hydrogen-bond donors (Lipinski definition) is 3. The van der Waals surface area contributed by atoms with Crippen LogP contribution in [-0.4, -0.2) is 11.7 Å². The lowest BCUT2D eigenvalue weighted by atomic mass is 10.1. The number of amides is 1. The molecule has 5 heteroatoms. The van der Waals surface area contributed by atoms with Crippen molar-refractivity contribution in [2.24, 2.45) is 5.73 Å². The SMILES string of the molecule is C[C@H](NC(=O)CC(=N)N)c1ccc(F)cc1. The van der Waals surface area contributed by atoms with Gasteiger partial charge in [-0.05, 0) is 24.6 Å². The van der Waals surface area contributed by atoms with Crippen LogP contribution in [0.5, 0.6) is 0 Å². The summed E-state index contributed by atoms with van der Waals surface area (Å²) in [5.74, 6) is -0.806. The molecule has 1 amide bonds. The molecule has 1 aromatic carbocycles. The van der Waals surface area contributed by atoms with E-state index in [0.717, 1.165) is 5.56 Å². The van der Waals surface area contributed by atoms with E-state index in [1.54, 1.807) is 19.1 Å². The highest BCUT2D eigenvalue weighted by atomic mass is 19.1. The molecule has 0 unspecified atom stereocenters. The van der Waals surface area contributed by atoms with Gasteiger partial charge in [-0.2, -0.15) is 0 Å². The number of carbonyl (C=O) groups excluding carboxylic acids is 1. The number of amidine groups is 1. The van der Waals surface area contributed by atoms with E-state index in [4.69, 9.17) is 11.1 Å². The highest BCUT2D eigenvalue weighted by Crippen LogP contribution is 2.12. The van der Waals surface area contributed by atoms with Gasteiger partial charge in [0.2, 0.25) is 5.91 Å². The molecule has 0 saturated carbocycles. The van der Waals surface area contributed by atoms with Gasteiger partial charge < -0.3 is 11.1 Å². The first-order chi connectivity index (χ1) is 7.49. The average Bonchev–Trinajstić information content (AvgIpc) is 2.16. The second-order valence-electron chi connectivity index (χ2n) is 3.54. The third kappa shape index (κ3) is 3.68. The molecule has 0 radical (unpaired) electrons. The number of carbonyl (C=O) groups is 1. The van der Waals surface area contributed by atoms with E-state index < -0.39 is 0 Å². The van der Waals surface area contributed by atoms with Crippen molar-refractivity contribution in [3.05, 3.63) is 35.6 Å². The number of nitrogens with two attached hydrogens (primary N) is 1. The fraction of sp³-hybridized carbons (Fsp3) is 0.273. The predicted octanol–water partition coefficient (Wildman–Crippen LogP) is 1.33. The quantitative estimate of drug-likeness (QED) is 0.531. The average molecular weight is 223 g/mol. The molecule has 0 spiro atoms. The molecule has 0 aliphatic heterocycles. The zero-order valence-corrected chi connectivity index (χ0v) is 8.96. The minimum Gasteiger partial charge on any atom is -0.387 e. The van der Waals surface area contributed by atoms with E-state index >= 15 is 0 Å². The Balaban J connectivity index is 2.58. The molecule has 1 rings (SSSR count). The largest absolute Gasteiger partial charge is 0.387 e. The second-order valence-corrected chi connectivity index (χ2v) is 3.54. The maximum absolute atomic E-state index is 12.7. The lowest BCUT2D eigenvalue weighted by molar-refractivity contribution is -0.120. The van der Waals surface area contributed by atoms with Crippen LogP contribution in [0.25, 0.3) is 0 Å². The van der Waals surface area contributed by atoms with Gasteiger partial charge in [0.15, 0.2) is 0 Å². The van der Waals surface area contributed by atoms with Crippen molar-refractivity contribution in [3.63, 3.8) is 0 Å². The standard InChI is InChI=1S/C11H14FN3O/c1-7(15-11(16)6-10(13)14)8-2-4-9(12)5-3-8/h2-5,7H,6H2,1H3,(H3,13,14)(H,15,16)/t7-/m0/s1. The fourth-order valence-electron chi connectivity index (χ4n) is 1.30. The topological polar surface area (TPSA) is 79.0 Å². The van der Waals surface area contributed by atoms with Crippen molar-refractivity contribution in [3.8, 4) is 0 Å². The summed E-state index contributed by atoms with van der Waals surface area (Å²) in [6.07, 6.45) is -0.120. The maximum atomic E-state index is 12.7. The zero-order valence-electron chi connectivity index (χ0n) is 8.96. The van der Waals surface area contributed by atoms with Crippen LogP contribution in [0.15, 0.2) is 24.3 Å². The van der Waals surface area contributed by atoms with Crippen LogP contribution in [0.3, 0.4) is 0 Å². The first-order valence-corrected chi connectivity index (χ1v) is 4.86. The van der Waals surface area contributed by atoms with Gasteiger partial charge in [-0.15, -0.1) is 0 Å². The number of benzene rings is 1. The Bertz CT molecular complexity index is 389. The molecule has 1 aromatic rings. The van der Waals surface area contributed by atoms with Crippen LogP contribution in [0.1, 0.15) is 24.9 Å². The maximum Gasteiger partial charge on any atom is 0.228 e.